The Morgan fingerprint density at radius 3 is 2.42 bits per heavy atom. The van der Waals surface area contributed by atoms with E-state index >= 15 is 0 Å². The topological polar surface area (TPSA) is 69.9 Å². The van der Waals surface area contributed by atoms with E-state index in [-0.39, 0.29) is 12.2 Å². The molecule has 6 nitrogen and oxygen atoms in total. The lowest BCUT2D eigenvalue weighted by atomic mass is 9.96. The summed E-state index contributed by atoms with van der Waals surface area (Å²) in [6.45, 7) is 4.13. The van der Waals surface area contributed by atoms with Crippen molar-refractivity contribution in [2.24, 2.45) is 4.99 Å². The van der Waals surface area contributed by atoms with Crippen LogP contribution in [-0.4, -0.2) is 17.1 Å². The summed E-state index contributed by atoms with van der Waals surface area (Å²) in [5, 5.41) is 0.557. The second-order valence-corrected chi connectivity index (χ2v) is 12.1. The molecule has 0 N–H and O–H groups in total. The molecule has 1 aliphatic rings. The Morgan fingerprint density at radius 2 is 1.77 bits per heavy atom. The van der Waals surface area contributed by atoms with Crippen LogP contribution in [0.1, 0.15) is 36.6 Å². The first-order chi connectivity index (χ1) is 19.3. The number of carbonyl (C=O) groups excluding carboxylic acids is 1. The van der Waals surface area contributed by atoms with Crippen molar-refractivity contribution in [2.75, 3.05) is 6.61 Å². The molecule has 204 valence electrons. The first-order valence-corrected chi connectivity index (χ1v) is 15.2. The number of carbonyl (C=O) groups is 1. The number of benzene rings is 3. The molecule has 0 amide bonds. The number of thiazole rings is 1. The number of hydrogen-bond donors (Lipinski definition) is 0. The van der Waals surface area contributed by atoms with Crippen LogP contribution in [0.2, 0.25) is 5.02 Å². The second kappa shape index (κ2) is 12.3. The zero-order valence-electron chi connectivity index (χ0n) is 21.5. The highest BCUT2D eigenvalue weighted by atomic mass is 79.9. The SMILES string of the molecule is CCOC(=O)C1=C(C)N=c2sc(=Cc3cc(Br)c(OCc4ccccc4)c(Br)c3)c(=O)n2[C@@H]1c1ccc(Cl)cc1. The molecule has 1 aromatic heterocycles. The molecule has 0 radical (unpaired) electrons. The molecule has 0 unspecified atom stereocenters. The van der Waals surface area contributed by atoms with Crippen LogP contribution in [0.15, 0.2) is 96.7 Å². The van der Waals surface area contributed by atoms with Gasteiger partial charge in [-0.15, -0.1) is 0 Å². The van der Waals surface area contributed by atoms with Crippen LogP contribution in [0.5, 0.6) is 5.75 Å². The molecule has 0 saturated heterocycles. The van der Waals surface area contributed by atoms with Crippen molar-refractivity contribution >= 4 is 66.8 Å². The number of nitrogens with zero attached hydrogens (tertiary/aromatic N) is 2. The van der Waals surface area contributed by atoms with Crippen molar-refractivity contribution in [3.63, 3.8) is 0 Å². The normalized spacial score (nSPS) is 15.0. The lowest BCUT2D eigenvalue weighted by molar-refractivity contribution is -0.139. The second-order valence-electron chi connectivity index (χ2n) is 8.94. The zero-order valence-corrected chi connectivity index (χ0v) is 26.2. The van der Waals surface area contributed by atoms with Crippen molar-refractivity contribution in [3.8, 4) is 5.75 Å². The summed E-state index contributed by atoms with van der Waals surface area (Å²) in [7, 11) is 0. The van der Waals surface area contributed by atoms with Gasteiger partial charge >= 0.3 is 5.97 Å². The maximum atomic E-state index is 13.8. The summed E-state index contributed by atoms with van der Waals surface area (Å²) in [5.41, 5.74) is 3.17. The third kappa shape index (κ3) is 5.88. The van der Waals surface area contributed by atoms with Gasteiger partial charge in [-0.05, 0) is 92.7 Å². The summed E-state index contributed by atoms with van der Waals surface area (Å²) in [6.07, 6.45) is 1.81. The molecule has 40 heavy (non-hydrogen) atoms. The Hall–Kier alpha value is -2.98. The number of allylic oxidation sites excluding steroid dienone is 1. The standard InChI is InChI=1S/C30H23Br2ClN2O4S/c1-3-38-29(37)25-17(2)34-30-35(26(25)20-9-11-21(33)12-10-20)28(36)24(40-30)15-19-13-22(31)27(23(32)14-19)39-16-18-7-5-4-6-8-18/h4-15,26H,3,16H2,1-2H3/t26-/m1/s1. The first-order valence-electron chi connectivity index (χ1n) is 12.4. The molecule has 0 bridgehead atoms. The predicted octanol–water partition coefficient (Wildman–Crippen LogP) is 6.56. The van der Waals surface area contributed by atoms with E-state index < -0.39 is 12.0 Å². The molecule has 0 fully saturated rings. The molecule has 0 spiro atoms. The smallest absolute Gasteiger partial charge is 0.338 e. The minimum Gasteiger partial charge on any atom is -0.487 e. The van der Waals surface area contributed by atoms with Crippen molar-refractivity contribution in [3.05, 3.63) is 128 Å². The van der Waals surface area contributed by atoms with E-state index in [0.29, 0.717) is 38.0 Å². The fraction of sp³-hybridized carbons (Fsp3) is 0.167. The van der Waals surface area contributed by atoms with E-state index in [2.05, 4.69) is 36.9 Å². The number of aromatic nitrogens is 1. The highest BCUT2D eigenvalue weighted by molar-refractivity contribution is 9.11. The molecule has 3 aromatic carbocycles. The van der Waals surface area contributed by atoms with Crippen molar-refractivity contribution < 1.29 is 14.3 Å². The maximum absolute atomic E-state index is 13.8. The van der Waals surface area contributed by atoms with Crippen LogP contribution < -0.4 is 19.6 Å². The van der Waals surface area contributed by atoms with Crippen LogP contribution in [0.3, 0.4) is 0 Å². The maximum Gasteiger partial charge on any atom is 0.338 e. The van der Waals surface area contributed by atoms with Gasteiger partial charge in [0.15, 0.2) is 4.80 Å². The number of esters is 1. The number of ether oxygens (including phenoxy) is 2. The van der Waals surface area contributed by atoms with E-state index in [4.69, 9.17) is 21.1 Å². The third-order valence-electron chi connectivity index (χ3n) is 6.25. The van der Waals surface area contributed by atoms with Crippen LogP contribution in [0, 0.1) is 0 Å². The van der Waals surface area contributed by atoms with Crippen molar-refractivity contribution in [2.45, 2.75) is 26.5 Å². The Bertz CT molecular complexity index is 1780. The van der Waals surface area contributed by atoms with Crippen LogP contribution >= 0.6 is 54.8 Å². The van der Waals surface area contributed by atoms with Gasteiger partial charge in [0, 0.05) is 5.02 Å². The van der Waals surface area contributed by atoms with Gasteiger partial charge in [0.2, 0.25) is 0 Å². The number of hydrogen-bond acceptors (Lipinski definition) is 6. The highest BCUT2D eigenvalue weighted by Crippen LogP contribution is 2.36. The summed E-state index contributed by atoms with van der Waals surface area (Å²) < 4.78 is 14.9. The molecule has 0 saturated carbocycles. The first kappa shape index (κ1) is 28.5. The van der Waals surface area contributed by atoms with Gasteiger partial charge in [-0.25, -0.2) is 9.79 Å². The van der Waals surface area contributed by atoms with Gasteiger partial charge < -0.3 is 9.47 Å². The number of halogens is 3. The molecule has 0 aliphatic carbocycles. The zero-order chi connectivity index (χ0) is 28.4. The van der Waals surface area contributed by atoms with Gasteiger partial charge in [0.1, 0.15) is 12.4 Å². The van der Waals surface area contributed by atoms with E-state index in [0.717, 1.165) is 25.6 Å². The molecule has 1 atom stereocenters. The largest absolute Gasteiger partial charge is 0.487 e. The summed E-state index contributed by atoms with van der Waals surface area (Å²) in [5.74, 6) is 0.164. The van der Waals surface area contributed by atoms with Gasteiger partial charge in [0.25, 0.3) is 5.56 Å². The third-order valence-corrected chi connectivity index (χ3v) is 8.66. The molecule has 4 aromatic rings. The van der Waals surface area contributed by atoms with Gasteiger partial charge in [0.05, 0.1) is 37.4 Å². The summed E-state index contributed by atoms with van der Waals surface area (Å²) >= 11 is 14.6. The van der Waals surface area contributed by atoms with Crippen molar-refractivity contribution in [1.29, 1.82) is 0 Å². The van der Waals surface area contributed by atoms with Crippen LogP contribution in [-0.2, 0) is 16.1 Å². The Kier molecular flexibility index (Phi) is 8.75. The van der Waals surface area contributed by atoms with E-state index in [1.165, 1.54) is 11.3 Å². The fourth-order valence-corrected chi connectivity index (χ4v) is 7.06. The van der Waals surface area contributed by atoms with Gasteiger partial charge in [-0.2, -0.15) is 0 Å². The predicted molar refractivity (Wildman–Crippen MR) is 164 cm³/mol. The van der Waals surface area contributed by atoms with Crippen LogP contribution in [0.25, 0.3) is 6.08 Å². The molecular weight excluding hydrogens is 680 g/mol. The van der Waals surface area contributed by atoms with E-state index in [9.17, 15) is 9.59 Å². The van der Waals surface area contributed by atoms with Gasteiger partial charge in [-0.3, -0.25) is 9.36 Å². The Balaban J connectivity index is 1.56. The van der Waals surface area contributed by atoms with Crippen molar-refractivity contribution in [1.82, 2.24) is 4.57 Å². The average Bonchev–Trinajstić information content (AvgIpc) is 3.22. The van der Waals surface area contributed by atoms with Crippen LogP contribution in [0.4, 0.5) is 0 Å². The number of rotatable bonds is 7. The highest BCUT2D eigenvalue weighted by Gasteiger charge is 2.33. The minimum absolute atomic E-state index is 0.211. The fourth-order valence-electron chi connectivity index (χ4n) is 4.43. The quantitative estimate of drug-likeness (QED) is 0.205. The molecule has 1 aliphatic heterocycles. The average molecular weight is 703 g/mol. The van der Waals surface area contributed by atoms with E-state index in [1.54, 1.807) is 30.5 Å². The Morgan fingerprint density at radius 1 is 1.10 bits per heavy atom. The number of fused-ring (bicyclic) bond motifs is 1. The summed E-state index contributed by atoms with van der Waals surface area (Å²) in [6, 6.07) is 20.1. The molecule has 10 heteroatoms. The minimum atomic E-state index is -0.693. The monoisotopic (exact) mass is 700 g/mol. The van der Waals surface area contributed by atoms with Gasteiger partial charge in [-0.1, -0.05) is 65.4 Å². The Labute approximate surface area is 256 Å². The lowest BCUT2D eigenvalue weighted by Crippen LogP contribution is -2.39. The lowest BCUT2D eigenvalue weighted by Gasteiger charge is -2.24. The molecule has 2 heterocycles. The van der Waals surface area contributed by atoms with E-state index in [1.807, 2.05) is 60.7 Å². The summed E-state index contributed by atoms with van der Waals surface area (Å²) in [4.78, 5) is 32.0. The molecule has 5 rings (SSSR count). The molecular formula is C30H23Br2ClN2O4S.